The maximum Gasteiger partial charge on any atom is 0.0235 e. The van der Waals surface area contributed by atoms with E-state index >= 15 is 0 Å². The Kier molecular flexibility index (Phi) is 5.65. The van der Waals surface area contributed by atoms with Gasteiger partial charge in [0, 0.05) is 37.6 Å². The largest absolute Gasteiger partial charge is 0.298 e. The Hall–Kier alpha value is -0.0500. The van der Waals surface area contributed by atoms with E-state index in [-0.39, 0.29) is 0 Å². The summed E-state index contributed by atoms with van der Waals surface area (Å²) in [6.45, 7) is 12.9. The highest BCUT2D eigenvalue weighted by Gasteiger charge is 2.27. The van der Waals surface area contributed by atoms with Crippen molar-refractivity contribution in [2.24, 2.45) is 0 Å². The summed E-state index contributed by atoms with van der Waals surface area (Å²) < 4.78 is 0. The predicted molar refractivity (Wildman–Crippen MR) is 67.6 cm³/mol. The first-order valence-corrected chi connectivity index (χ1v) is 6.37. The molecule has 0 spiro atoms. The molecule has 0 aromatic heterocycles. The number of nitrogens with zero attached hydrogens (tertiary/aromatic N) is 2. The molecule has 0 N–H and O–H groups in total. The number of piperazine rings is 1. The third kappa shape index (κ3) is 3.78. The van der Waals surface area contributed by atoms with Crippen LogP contribution in [-0.4, -0.2) is 53.9 Å². The molecule has 0 radical (unpaired) electrons. The van der Waals surface area contributed by atoms with Gasteiger partial charge in [0.15, 0.2) is 0 Å². The Morgan fingerprint density at radius 1 is 1.27 bits per heavy atom. The zero-order valence-electron chi connectivity index (χ0n) is 9.95. The third-order valence-electron chi connectivity index (χ3n) is 3.19. The van der Waals surface area contributed by atoms with E-state index in [1.807, 2.05) is 6.08 Å². The second-order valence-electron chi connectivity index (χ2n) is 4.48. The molecular formula is C12H23ClN2. The molecule has 1 rings (SSSR count). The maximum absolute atomic E-state index is 5.73. The van der Waals surface area contributed by atoms with Crippen LogP contribution < -0.4 is 0 Å². The number of halogens is 1. The first kappa shape index (κ1) is 13.0. The summed E-state index contributed by atoms with van der Waals surface area (Å²) in [7, 11) is 0. The highest BCUT2D eigenvalue weighted by Crippen LogP contribution is 2.15. The number of alkyl halides is 1. The first-order valence-electron chi connectivity index (χ1n) is 5.84. The van der Waals surface area contributed by atoms with Crippen molar-refractivity contribution in [3.8, 4) is 0 Å². The molecule has 1 fully saturated rings. The minimum Gasteiger partial charge on any atom is -0.298 e. The van der Waals surface area contributed by atoms with Crippen molar-refractivity contribution in [2.45, 2.75) is 32.4 Å². The van der Waals surface area contributed by atoms with Gasteiger partial charge in [-0.2, -0.15) is 0 Å². The average Bonchev–Trinajstić information content (AvgIpc) is 2.21. The van der Waals surface area contributed by atoms with Crippen LogP contribution in [0, 0.1) is 0 Å². The zero-order valence-corrected chi connectivity index (χ0v) is 10.7. The number of hydrogen-bond donors (Lipinski definition) is 0. The minimum atomic E-state index is 0.634. The topological polar surface area (TPSA) is 6.48 Å². The SMILES string of the molecule is C=CCN1CC(C)N(CCCCl)CC1C. The van der Waals surface area contributed by atoms with Gasteiger partial charge in [0.05, 0.1) is 0 Å². The van der Waals surface area contributed by atoms with Gasteiger partial charge in [-0.3, -0.25) is 9.80 Å². The van der Waals surface area contributed by atoms with Gasteiger partial charge in [-0.15, -0.1) is 18.2 Å². The Morgan fingerprint density at radius 3 is 2.47 bits per heavy atom. The van der Waals surface area contributed by atoms with Gasteiger partial charge in [-0.1, -0.05) is 6.08 Å². The summed E-state index contributed by atoms with van der Waals surface area (Å²) in [6.07, 6.45) is 3.09. The van der Waals surface area contributed by atoms with Crippen LogP contribution in [0.25, 0.3) is 0 Å². The molecule has 1 aliphatic rings. The fourth-order valence-corrected chi connectivity index (χ4v) is 2.38. The van der Waals surface area contributed by atoms with E-state index in [1.54, 1.807) is 0 Å². The minimum absolute atomic E-state index is 0.634. The highest BCUT2D eigenvalue weighted by molar-refractivity contribution is 6.17. The van der Waals surface area contributed by atoms with Crippen LogP contribution in [-0.2, 0) is 0 Å². The summed E-state index contributed by atoms with van der Waals surface area (Å²) in [5.41, 5.74) is 0. The van der Waals surface area contributed by atoms with Crippen LogP contribution in [0.15, 0.2) is 12.7 Å². The van der Waals surface area contributed by atoms with E-state index in [4.69, 9.17) is 11.6 Å². The Morgan fingerprint density at radius 2 is 1.87 bits per heavy atom. The van der Waals surface area contributed by atoms with Gasteiger partial charge in [0.25, 0.3) is 0 Å². The van der Waals surface area contributed by atoms with E-state index in [1.165, 1.54) is 0 Å². The molecule has 1 aliphatic heterocycles. The van der Waals surface area contributed by atoms with E-state index in [0.29, 0.717) is 12.1 Å². The zero-order chi connectivity index (χ0) is 11.3. The third-order valence-corrected chi connectivity index (χ3v) is 3.45. The lowest BCUT2D eigenvalue weighted by Gasteiger charge is -2.43. The van der Waals surface area contributed by atoms with Crippen LogP contribution in [0.3, 0.4) is 0 Å². The molecule has 2 atom stereocenters. The Balaban J connectivity index is 2.43. The average molecular weight is 231 g/mol. The summed E-state index contributed by atoms with van der Waals surface area (Å²) in [4.78, 5) is 5.04. The molecule has 0 bridgehead atoms. The van der Waals surface area contributed by atoms with Crippen LogP contribution in [0.4, 0.5) is 0 Å². The molecule has 88 valence electrons. The van der Waals surface area contributed by atoms with E-state index in [0.717, 1.165) is 38.5 Å². The van der Waals surface area contributed by atoms with E-state index in [2.05, 4.69) is 30.2 Å². The fourth-order valence-electron chi connectivity index (χ4n) is 2.26. The molecule has 0 aromatic carbocycles. The maximum atomic E-state index is 5.73. The lowest BCUT2D eigenvalue weighted by atomic mass is 10.1. The molecule has 2 unspecified atom stereocenters. The lowest BCUT2D eigenvalue weighted by Crippen LogP contribution is -2.56. The number of rotatable bonds is 5. The Labute approximate surface area is 98.9 Å². The predicted octanol–water partition coefficient (Wildman–Crippen LogP) is 2.20. The van der Waals surface area contributed by atoms with Crippen molar-refractivity contribution in [3.05, 3.63) is 12.7 Å². The first-order chi connectivity index (χ1) is 7.19. The van der Waals surface area contributed by atoms with Gasteiger partial charge >= 0.3 is 0 Å². The molecule has 0 aromatic rings. The van der Waals surface area contributed by atoms with Gasteiger partial charge in [0.1, 0.15) is 0 Å². The van der Waals surface area contributed by atoms with E-state index in [9.17, 15) is 0 Å². The van der Waals surface area contributed by atoms with Crippen molar-refractivity contribution in [2.75, 3.05) is 32.1 Å². The van der Waals surface area contributed by atoms with Crippen molar-refractivity contribution in [3.63, 3.8) is 0 Å². The molecule has 1 heterocycles. The molecular weight excluding hydrogens is 208 g/mol. The van der Waals surface area contributed by atoms with Gasteiger partial charge in [0.2, 0.25) is 0 Å². The summed E-state index contributed by atoms with van der Waals surface area (Å²) >= 11 is 5.73. The molecule has 2 nitrogen and oxygen atoms in total. The normalized spacial score (nSPS) is 29.3. The smallest absolute Gasteiger partial charge is 0.0235 e. The second-order valence-corrected chi connectivity index (χ2v) is 4.86. The van der Waals surface area contributed by atoms with Crippen LogP contribution in [0.1, 0.15) is 20.3 Å². The number of hydrogen-bond acceptors (Lipinski definition) is 2. The van der Waals surface area contributed by atoms with Crippen LogP contribution in [0.5, 0.6) is 0 Å². The molecule has 0 saturated carbocycles. The Bertz CT molecular complexity index is 196. The molecule has 0 aliphatic carbocycles. The summed E-state index contributed by atoms with van der Waals surface area (Å²) in [6, 6.07) is 1.28. The van der Waals surface area contributed by atoms with E-state index < -0.39 is 0 Å². The quantitative estimate of drug-likeness (QED) is 0.528. The van der Waals surface area contributed by atoms with Crippen LogP contribution >= 0.6 is 11.6 Å². The monoisotopic (exact) mass is 230 g/mol. The molecule has 3 heteroatoms. The van der Waals surface area contributed by atoms with Crippen molar-refractivity contribution in [1.82, 2.24) is 9.80 Å². The van der Waals surface area contributed by atoms with Crippen molar-refractivity contribution < 1.29 is 0 Å². The summed E-state index contributed by atoms with van der Waals surface area (Å²) in [5, 5.41) is 0. The van der Waals surface area contributed by atoms with Gasteiger partial charge in [-0.25, -0.2) is 0 Å². The fraction of sp³-hybridized carbons (Fsp3) is 0.833. The highest BCUT2D eigenvalue weighted by atomic mass is 35.5. The lowest BCUT2D eigenvalue weighted by molar-refractivity contribution is 0.0508. The molecule has 15 heavy (non-hydrogen) atoms. The standard InChI is InChI=1S/C12H23ClN2/c1-4-7-14-9-12(3)15(8-5-6-13)10-11(14)2/h4,11-12H,1,5-10H2,2-3H3. The van der Waals surface area contributed by atoms with Crippen molar-refractivity contribution >= 4 is 11.6 Å². The van der Waals surface area contributed by atoms with Crippen molar-refractivity contribution in [1.29, 1.82) is 0 Å². The molecule has 1 saturated heterocycles. The second kappa shape index (κ2) is 6.51. The van der Waals surface area contributed by atoms with Gasteiger partial charge < -0.3 is 0 Å². The summed E-state index contributed by atoms with van der Waals surface area (Å²) in [5.74, 6) is 0.772. The van der Waals surface area contributed by atoms with Crippen LogP contribution in [0.2, 0.25) is 0 Å². The van der Waals surface area contributed by atoms with Gasteiger partial charge in [-0.05, 0) is 26.8 Å². The molecule has 0 amide bonds.